The minimum atomic E-state index is -3.59. The van der Waals surface area contributed by atoms with Crippen molar-refractivity contribution >= 4 is 27.4 Å². The lowest BCUT2D eigenvalue weighted by molar-refractivity contribution is 0.602. The zero-order valence-electron chi connectivity index (χ0n) is 9.66. The molecule has 0 amide bonds. The molecule has 0 aliphatic carbocycles. The fraction of sp³-hybridized carbons (Fsp3) is 0.0833. The van der Waals surface area contributed by atoms with Gasteiger partial charge in [-0.05, 0) is 30.7 Å². The van der Waals surface area contributed by atoms with Crippen LogP contribution in [-0.4, -0.2) is 13.4 Å². The van der Waals surface area contributed by atoms with E-state index in [2.05, 4.69) is 9.71 Å². The van der Waals surface area contributed by atoms with Gasteiger partial charge in [-0.3, -0.25) is 4.72 Å². The van der Waals surface area contributed by atoms with Crippen LogP contribution in [0.1, 0.15) is 5.56 Å². The molecule has 0 atom stereocenters. The monoisotopic (exact) mass is 261 g/mol. The molecule has 2 aromatic rings. The average Bonchev–Trinajstić information content (AvgIpc) is 2.60. The third-order valence-electron chi connectivity index (χ3n) is 2.71. The summed E-state index contributed by atoms with van der Waals surface area (Å²) in [5.41, 5.74) is 2.14. The number of aryl methyl sites for hydroxylation is 1. The molecule has 0 bridgehead atoms. The summed E-state index contributed by atoms with van der Waals surface area (Å²) >= 11 is 0. The van der Waals surface area contributed by atoms with Gasteiger partial charge in [-0.1, -0.05) is 18.2 Å². The smallest absolute Gasteiger partial charge is 0.264 e. The highest BCUT2D eigenvalue weighted by molar-refractivity contribution is 7.94. The Morgan fingerprint density at radius 1 is 1.17 bits per heavy atom. The predicted octanol–water partition coefficient (Wildman–Crippen LogP) is 2.20. The molecule has 2 heterocycles. The van der Waals surface area contributed by atoms with Gasteiger partial charge in [-0.2, -0.15) is 8.42 Å². The molecule has 5 nitrogen and oxygen atoms in total. The Morgan fingerprint density at radius 3 is 2.67 bits per heavy atom. The number of nitrogens with zero attached hydrogens (tertiary/aromatic N) is 2. The molecule has 1 aromatic carbocycles. The van der Waals surface area contributed by atoms with Crippen LogP contribution >= 0.6 is 0 Å². The summed E-state index contributed by atoms with van der Waals surface area (Å²) in [7, 11) is -3.59. The van der Waals surface area contributed by atoms with E-state index in [0.29, 0.717) is 17.2 Å². The topological polar surface area (TPSA) is 62.3 Å². The van der Waals surface area contributed by atoms with E-state index in [0.717, 1.165) is 5.56 Å². The molecule has 92 valence electrons. The van der Waals surface area contributed by atoms with E-state index in [4.69, 9.17) is 0 Å². The van der Waals surface area contributed by atoms with E-state index in [1.54, 1.807) is 36.5 Å². The van der Waals surface area contributed by atoms with Crippen molar-refractivity contribution in [2.45, 2.75) is 6.92 Å². The maximum atomic E-state index is 12.1. The van der Waals surface area contributed by atoms with Gasteiger partial charge >= 0.3 is 10.2 Å². The maximum Gasteiger partial charge on any atom is 0.329 e. The van der Waals surface area contributed by atoms with Crippen LogP contribution in [0.2, 0.25) is 0 Å². The molecule has 1 aliphatic heterocycles. The first-order chi connectivity index (χ1) is 8.58. The first kappa shape index (κ1) is 11.0. The van der Waals surface area contributed by atoms with E-state index in [1.165, 1.54) is 4.31 Å². The number of para-hydroxylation sites is 2. The van der Waals surface area contributed by atoms with Crippen LogP contribution in [-0.2, 0) is 10.2 Å². The van der Waals surface area contributed by atoms with Gasteiger partial charge in [0, 0.05) is 6.20 Å². The van der Waals surface area contributed by atoms with E-state index in [1.807, 2.05) is 13.0 Å². The Labute approximate surface area is 105 Å². The van der Waals surface area contributed by atoms with Gasteiger partial charge in [0.25, 0.3) is 0 Å². The van der Waals surface area contributed by atoms with E-state index in [-0.39, 0.29) is 0 Å². The Kier molecular flexibility index (Phi) is 2.27. The number of pyridine rings is 1. The molecule has 0 saturated heterocycles. The zero-order valence-corrected chi connectivity index (χ0v) is 10.5. The highest BCUT2D eigenvalue weighted by Gasteiger charge is 2.34. The number of hydrogen-bond donors (Lipinski definition) is 1. The van der Waals surface area contributed by atoms with Crippen LogP contribution in [0.3, 0.4) is 0 Å². The van der Waals surface area contributed by atoms with Gasteiger partial charge in [0.2, 0.25) is 0 Å². The number of hydrogen-bond acceptors (Lipinski definition) is 3. The summed E-state index contributed by atoms with van der Waals surface area (Å²) < 4.78 is 27.9. The van der Waals surface area contributed by atoms with Crippen molar-refractivity contribution in [3.05, 3.63) is 48.2 Å². The molecular weight excluding hydrogens is 250 g/mol. The Hall–Kier alpha value is -2.08. The van der Waals surface area contributed by atoms with Crippen LogP contribution in [0.25, 0.3) is 0 Å². The second-order valence-electron chi connectivity index (χ2n) is 4.08. The van der Waals surface area contributed by atoms with Crippen molar-refractivity contribution in [3.8, 4) is 0 Å². The summed E-state index contributed by atoms with van der Waals surface area (Å²) in [6.07, 6.45) is 1.64. The standard InChI is InChI=1S/C12H11N3O2S/c1-9-6-7-12(13-8-9)15-11-5-3-2-4-10(11)14-18(15,16)17/h2-8,14H,1H3. The predicted molar refractivity (Wildman–Crippen MR) is 70.1 cm³/mol. The van der Waals surface area contributed by atoms with E-state index >= 15 is 0 Å². The molecule has 1 aliphatic rings. The molecule has 1 aromatic heterocycles. The Morgan fingerprint density at radius 2 is 1.94 bits per heavy atom. The summed E-state index contributed by atoms with van der Waals surface area (Å²) in [5.74, 6) is 0.387. The van der Waals surface area contributed by atoms with Crippen LogP contribution in [0, 0.1) is 6.92 Å². The number of anilines is 3. The number of fused-ring (bicyclic) bond motifs is 1. The van der Waals surface area contributed by atoms with Crippen molar-refractivity contribution in [3.63, 3.8) is 0 Å². The van der Waals surface area contributed by atoms with Crippen molar-refractivity contribution in [2.75, 3.05) is 9.03 Å². The van der Waals surface area contributed by atoms with Crippen molar-refractivity contribution < 1.29 is 8.42 Å². The molecule has 6 heteroatoms. The Bertz CT molecular complexity index is 696. The second-order valence-corrected chi connectivity index (χ2v) is 5.60. The number of benzene rings is 1. The fourth-order valence-corrected chi connectivity index (χ4v) is 3.19. The fourth-order valence-electron chi connectivity index (χ4n) is 1.88. The average molecular weight is 261 g/mol. The largest absolute Gasteiger partial charge is 0.329 e. The normalized spacial score (nSPS) is 16.2. The SMILES string of the molecule is Cc1ccc(N2c3ccccc3NS2(=O)=O)nc1. The minimum absolute atomic E-state index is 0.387. The van der Waals surface area contributed by atoms with Crippen molar-refractivity contribution in [1.29, 1.82) is 0 Å². The summed E-state index contributed by atoms with van der Waals surface area (Å²) in [6.45, 7) is 1.90. The van der Waals surface area contributed by atoms with Gasteiger partial charge in [-0.15, -0.1) is 0 Å². The Balaban J connectivity index is 2.18. The lowest BCUT2D eigenvalue weighted by Crippen LogP contribution is -2.25. The van der Waals surface area contributed by atoms with E-state index in [9.17, 15) is 8.42 Å². The van der Waals surface area contributed by atoms with Gasteiger partial charge in [0.1, 0.15) is 5.82 Å². The molecule has 0 saturated carbocycles. The summed E-state index contributed by atoms with van der Waals surface area (Å²) in [5, 5.41) is 0. The lowest BCUT2D eigenvalue weighted by Gasteiger charge is -2.15. The molecule has 0 spiro atoms. The van der Waals surface area contributed by atoms with Gasteiger partial charge in [0.15, 0.2) is 0 Å². The molecule has 3 rings (SSSR count). The molecular formula is C12H11N3O2S. The first-order valence-electron chi connectivity index (χ1n) is 5.43. The van der Waals surface area contributed by atoms with E-state index < -0.39 is 10.2 Å². The third kappa shape index (κ3) is 1.62. The highest BCUT2D eigenvalue weighted by atomic mass is 32.2. The van der Waals surface area contributed by atoms with Crippen LogP contribution in [0.4, 0.5) is 17.2 Å². The lowest BCUT2D eigenvalue weighted by atomic mass is 10.2. The first-order valence-corrected chi connectivity index (χ1v) is 6.87. The third-order valence-corrected chi connectivity index (χ3v) is 4.05. The minimum Gasteiger partial charge on any atom is -0.264 e. The summed E-state index contributed by atoms with van der Waals surface area (Å²) in [6, 6.07) is 10.6. The van der Waals surface area contributed by atoms with Gasteiger partial charge in [-0.25, -0.2) is 9.29 Å². The molecule has 0 unspecified atom stereocenters. The summed E-state index contributed by atoms with van der Waals surface area (Å²) in [4.78, 5) is 4.16. The quantitative estimate of drug-likeness (QED) is 0.856. The molecule has 0 radical (unpaired) electrons. The number of aromatic nitrogens is 1. The van der Waals surface area contributed by atoms with Crippen LogP contribution in [0.5, 0.6) is 0 Å². The molecule has 0 fully saturated rings. The zero-order chi connectivity index (χ0) is 12.8. The van der Waals surface area contributed by atoms with Gasteiger partial charge < -0.3 is 0 Å². The maximum absolute atomic E-state index is 12.1. The van der Waals surface area contributed by atoms with Crippen molar-refractivity contribution in [1.82, 2.24) is 4.98 Å². The van der Waals surface area contributed by atoms with Crippen LogP contribution in [0.15, 0.2) is 42.6 Å². The van der Waals surface area contributed by atoms with Crippen LogP contribution < -0.4 is 9.03 Å². The number of rotatable bonds is 1. The van der Waals surface area contributed by atoms with Crippen molar-refractivity contribution in [2.24, 2.45) is 0 Å². The number of nitrogens with one attached hydrogen (secondary N) is 1. The van der Waals surface area contributed by atoms with Gasteiger partial charge in [0.05, 0.1) is 11.4 Å². The highest BCUT2D eigenvalue weighted by Crippen LogP contribution is 2.39. The second kappa shape index (κ2) is 3.71. The molecule has 1 N–H and O–H groups in total. The molecule has 18 heavy (non-hydrogen) atoms.